The van der Waals surface area contributed by atoms with Crippen molar-refractivity contribution in [1.29, 1.82) is 0 Å². The number of carbonyl (C=O) groups is 1. The Morgan fingerprint density at radius 1 is 1.23 bits per heavy atom. The van der Waals surface area contributed by atoms with E-state index in [9.17, 15) is 14.3 Å². The first-order chi connectivity index (χ1) is 19.4. The molecule has 208 valence electrons. The molecule has 4 aromatic rings. The molecule has 0 bridgehead atoms. The Labute approximate surface area is 235 Å². The largest absolute Gasteiger partial charge is 0.497 e. The molecule has 2 aliphatic heterocycles. The summed E-state index contributed by atoms with van der Waals surface area (Å²) >= 11 is 6.47. The number of carboxylic acids is 1. The van der Waals surface area contributed by atoms with E-state index in [4.69, 9.17) is 35.8 Å². The van der Waals surface area contributed by atoms with Crippen LogP contribution in [-0.4, -0.2) is 56.9 Å². The molecule has 0 amide bonds. The van der Waals surface area contributed by atoms with Gasteiger partial charge in [0.15, 0.2) is 0 Å². The number of aromatic carboxylic acids is 1. The smallest absolute Gasteiger partial charge is 0.335 e. The van der Waals surface area contributed by atoms with Crippen LogP contribution in [0.15, 0.2) is 42.5 Å². The zero-order valence-corrected chi connectivity index (χ0v) is 22.7. The highest BCUT2D eigenvalue weighted by atomic mass is 35.5. The van der Waals surface area contributed by atoms with Crippen LogP contribution in [0.25, 0.3) is 11.0 Å². The van der Waals surface area contributed by atoms with E-state index in [1.165, 1.54) is 13.2 Å². The van der Waals surface area contributed by atoms with Crippen molar-refractivity contribution in [1.82, 2.24) is 19.4 Å². The summed E-state index contributed by atoms with van der Waals surface area (Å²) in [4.78, 5) is 23.4. The number of halogens is 2. The van der Waals surface area contributed by atoms with Crippen LogP contribution in [-0.2, 0) is 37.4 Å². The predicted molar refractivity (Wildman–Crippen MR) is 145 cm³/mol. The Morgan fingerprint density at radius 2 is 2.08 bits per heavy atom. The van der Waals surface area contributed by atoms with Crippen LogP contribution in [0.1, 0.15) is 39.4 Å². The molecule has 0 radical (unpaired) electrons. The summed E-state index contributed by atoms with van der Waals surface area (Å²) in [6, 6.07) is 11.5. The van der Waals surface area contributed by atoms with E-state index in [1.54, 1.807) is 30.3 Å². The Hall–Kier alpha value is -3.73. The summed E-state index contributed by atoms with van der Waals surface area (Å²) < 4.78 is 33.0. The maximum atomic E-state index is 14.4. The molecule has 0 unspecified atom stereocenters. The van der Waals surface area contributed by atoms with E-state index in [0.29, 0.717) is 36.0 Å². The third kappa shape index (κ3) is 5.34. The van der Waals surface area contributed by atoms with Gasteiger partial charge in [0.05, 0.1) is 48.6 Å². The lowest BCUT2D eigenvalue weighted by Gasteiger charge is -2.30. The number of nitrogens with zero attached hydrogens (tertiary/aromatic N) is 4. The van der Waals surface area contributed by atoms with E-state index < -0.39 is 11.8 Å². The lowest BCUT2D eigenvalue weighted by Crippen LogP contribution is -2.34. The predicted octanol–water partition coefficient (Wildman–Crippen LogP) is 4.86. The molecule has 9 nitrogen and oxygen atoms in total. The highest BCUT2D eigenvalue weighted by Gasteiger charge is 2.26. The third-order valence-corrected chi connectivity index (χ3v) is 7.70. The maximum absolute atomic E-state index is 14.4. The summed E-state index contributed by atoms with van der Waals surface area (Å²) in [5, 5.41) is 9.89. The summed E-state index contributed by atoms with van der Waals surface area (Å²) in [7, 11) is 1.48. The molecule has 40 heavy (non-hydrogen) atoms. The minimum Gasteiger partial charge on any atom is -0.497 e. The van der Waals surface area contributed by atoms with E-state index >= 15 is 0 Å². The second-order valence-electron chi connectivity index (χ2n) is 10.0. The molecule has 1 N–H and O–H groups in total. The summed E-state index contributed by atoms with van der Waals surface area (Å²) in [6.45, 7) is 3.24. The first-order valence-electron chi connectivity index (χ1n) is 13.1. The average molecular weight is 567 g/mol. The molecule has 2 aromatic heterocycles. The van der Waals surface area contributed by atoms with Gasteiger partial charge in [-0.3, -0.25) is 4.90 Å². The first kappa shape index (κ1) is 26.5. The fraction of sp³-hybridized carbons (Fsp3) is 0.345. The minimum absolute atomic E-state index is 0.0172. The first-order valence-corrected chi connectivity index (χ1v) is 13.5. The van der Waals surface area contributed by atoms with Crippen molar-refractivity contribution in [3.8, 4) is 11.6 Å². The van der Waals surface area contributed by atoms with E-state index in [2.05, 4.69) is 9.47 Å². The number of benzene rings is 2. The molecule has 11 heteroatoms. The molecule has 1 atom stereocenters. The second-order valence-corrected chi connectivity index (χ2v) is 10.4. The number of methoxy groups -OCH3 is 1. The topological polar surface area (TPSA) is 98.9 Å². The van der Waals surface area contributed by atoms with Gasteiger partial charge in [-0.15, -0.1) is 0 Å². The lowest BCUT2D eigenvalue weighted by molar-refractivity contribution is -0.0592. The van der Waals surface area contributed by atoms with Crippen LogP contribution < -0.4 is 9.47 Å². The van der Waals surface area contributed by atoms with Gasteiger partial charge >= 0.3 is 5.97 Å². The van der Waals surface area contributed by atoms with Crippen LogP contribution >= 0.6 is 11.6 Å². The standard InChI is InChI=1S/C29H28ClFN4O5/c1-38-20-4-2-19(23(31)12-20)16-40-28-22(30)10-17-6-8-34(14-25(17)33-28)15-27-32-24-5-3-18(29(36)37)11-26(24)35(27)13-21-7-9-39-21/h2-5,10-12,21H,6-9,13-16H2,1H3,(H,36,37)/t21-/m0/s1. The van der Waals surface area contributed by atoms with Crippen molar-refractivity contribution in [3.63, 3.8) is 0 Å². The van der Waals surface area contributed by atoms with Gasteiger partial charge < -0.3 is 23.9 Å². The van der Waals surface area contributed by atoms with Gasteiger partial charge in [-0.25, -0.2) is 19.2 Å². The van der Waals surface area contributed by atoms with Crippen LogP contribution in [0.2, 0.25) is 5.02 Å². The number of fused-ring (bicyclic) bond motifs is 2. The Kier molecular flexibility index (Phi) is 7.31. The number of aromatic nitrogens is 3. The molecule has 0 saturated carbocycles. The average Bonchev–Trinajstić information content (AvgIpc) is 3.25. The minimum atomic E-state index is -0.971. The summed E-state index contributed by atoms with van der Waals surface area (Å²) in [5.41, 5.74) is 4.03. The molecule has 1 fully saturated rings. The van der Waals surface area contributed by atoms with Crippen molar-refractivity contribution in [2.45, 2.75) is 45.2 Å². The van der Waals surface area contributed by atoms with E-state index in [1.807, 2.05) is 6.07 Å². The molecule has 1 saturated heterocycles. The SMILES string of the molecule is COc1ccc(COc2nc3c(cc2Cl)CCN(Cc2nc4ccc(C(=O)O)cc4n2C[C@@H]2CCO2)C3)c(F)c1. The molecular formula is C29H28ClFN4O5. The number of hydrogen-bond donors (Lipinski definition) is 1. The van der Waals surface area contributed by atoms with Crippen molar-refractivity contribution < 1.29 is 28.5 Å². The number of rotatable bonds is 9. The van der Waals surface area contributed by atoms with E-state index in [-0.39, 0.29) is 24.2 Å². The van der Waals surface area contributed by atoms with Crippen molar-refractivity contribution in [2.75, 3.05) is 20.3 Å². The molecule has 2 aromatic carbocycles. The van der Waals surface area contributed by atoms with Crippen LogP contribution in [0.3, 0.4) is 0 Å². The van der Waals surface area contributed by atoms with Gasteiger partial charge in [0, 0.05) is 31.3 Å². The lowest BCUT2D eigenvalue weighted by atomic mass is 10.1. The van der Waals surface area contributed by atoms with Crippen LogP contribution in [0.5, 0.6) is 11.6 Å². The van der Waals surface area contributed by atoms with Crippen LogP contribution in [0, 0.1) is 5.82 Å². The number of imidazole rings is 1. The molecule has 2 aliphatic rings. The monoisotopic (exact) mass is 566 g/mol. The molecule has 6 rings (SSSR count). The molecule has 0 spiro atoms. The third-order valence-electron chi connectivity index (χ3n) is 7.43. The molecule has 0 aliphatic carbocycles. The van der Waals surface area contributed by atoms with Crippen molar-refractivity contribution in [2.24, 2.45) is 0 Å². The van der Waals surface area contributed by atoms with Crippen LogP contribution in [0.4, 0.5) is 4.39 Å². The summed E-state index contributed by atoms with van der Waals surface area (Å²) in [5.74, 6) is 0.138. The Bertz CT molecular complexity index is 1590. The Morgan fingerprint density at radius 3 is 2.80 bits per heavy atom. The fourth-order valence-electron chi connectivity index (χ4n) is 5.09. The fourth-order valence-corrected chi connectivity index (χ4v) is 5.31. The maximum Gasteiger partial charge on any atom is 0.335 e. The van der Waals surface area contributed by atoms with Crippen molar-refractivity contribution >= 4 is 28.6 Å². The summed E-state index contributed by atoms with van der Waals surface area (Å²) in [6.07, 6.45) is 1.80. The van der Waals surface area contributed by atoms with Gasteiger partial charge in [-0.05, 0) is 54.8 Å². The number of hydrogen-bond acceptors (Lipinski definition) is 7. The van der Waals surface area contributed by atoms with Gasteiger partial charge in [0.2, 0.25) is 5.88 Å². The highest BCUT2D eigenvalue weighted by molar-refractivity contribution is 6.31. The Balaban J connectivity index is 1.21. The highest BCUT2D eigenvalue weighted by Crippen LogP contribution is 2.30. The van der Waals surface area contributed by atoms with Gasteiger partial charge in [-0.1, -0.05) is 11.6 Å². The second kappa shape index (κ2) is 11.0. The number of carboxylic acid groups (broad SMARTS) is 1. The quantitative estimate of drug-likeness (QED) is 0.307. The normalized spacial score (nSPS) is 16.9. The number of ether oxygens (including phenoxy) is 3. The zero-order valence-electron chi connectivity index (χ0n) is 21.9. The molecular weight excluding hydrogens is 539 g/mol. The van der Waals surface area contributed by atoms with Gasteiger partial charge in [0.1, 0.15) is 29.0 Å². The van der Waals surface area contributed by atoms with Gasteiger partial charge in [0.25, 0.3) is 0 Å². The number of pyridine rings is 1. The van der Waals surface area contributed by atoms with Gasteiger partial charge in [-0.2, -0.15) is 0 Å². The zero-order chi connectivity index (χ0) is 27.8. The molecule has 4 heterocycles. The van der Waals surface area contributed by atoms with Crippen molar-refractivity contribution in [3.05, 3.63) is 81.5 Å². The van der Waals surface area contributed by atoms with E-state index in [0.717, 1.165) is 54.1 Å².